The lowest BCUT2D eigenvalue weighted by Gasteiger charge is -2.28. The number of fused-ring (bicyclic) bond motifs is 1. The number of hydrogen-bond acceptors (Lipinski definition) is 7. The van der Waals surface area contributed by atoms with Gasteiger partial charge in [0.15, 0.2) is 6.17 Å². The van der Waals surface area contributed by atoms with Crippen molar-refractivity contribution in [1.29, 1.82) is 0 Å². The summed E-state index contributed by atoms with van der Waals surface area (Å²) in [5, 5.41) is 3.27. The number of imidazole rings is 1. The molecular weight excluding hydrogens is 528 g/mol. The molecule has 2 fully saturated rings. The fraction of sp³-hybridized carbons (Fsp3) is 0.400. The van der Waals surface area contributed by atoms with Crippen molar-refractivity contribution in [3.63, 3.8) is 0 Å². The Morgan fingerprint density at radius 1 is 1.12 bits per heavy atom. The van der Waals surface area contributed by atoms with Crippen LogP contribution in [0.2, 0.25) is 5.02 Å². The largest absolute Gasteiger partial charge is 0.427 e. The van der Waals surface area contributed by atoms with E-state index in [1.54, 1.807) is 19.5 Å². The van der Waals surface area contributed by atoms with Gasteiger partial charge in [0, 0.05) is 31.6 Å². The molecule has 1 amide bonds. The second-order valence-corrected chi connectivity index (χ2v) is 11.3. The van der Waals surface area contributed by atoms with Gasteiger partial charge < -0.3 is 14.1 Å². The zero-order chi connectivity index (χ0) is 27.6. The summed E-state index contributed by atoms with van der Waals surface area (Å²) in [4.78, 5) is 31.4. The lowest BCUT2D eigenvalue weighted by atomic mass is 9.83. The minimum atomic E-state index is -0.611. The first kappa shape index (κ1) is 26.7. The molecule has 3 aromatic heterocycles. The summed E-state index contributed by atoms with van der Waals surface area (Å²) in [6.07, 6.45) is 7.01. The smallest absolute Gasteiger partial charge is 0.384 e. The fourth-order valence-electron chi connectivity index (χ4n) is 5.90. The summed E-state index contributed by atoms with van der Waals surface area (Å²) in [6, 6.07) is 14.1. The van der Waals surface area contributed by atoms with Crippen LogP contribution < -0.4 is 10.8 Å². The van der Waals surface area contributed by atoms with Gasteiger partial charge in [-0.25, -0.2) is 14.8 Å². The van der Waals surface area contributed by atoms with Crippen molar-refractivity contribution in [1.82, 2.24) is 30.3 Å². The maximum absolute atomic E-state index is 11.8. The molecule has 0 spiro atoms. The van der Waals surface area contributed by atoms with E-state index in [0.29, 0.717) is 28.9 Å². The maximum atomic E-state index is 11.8. The van der Waals surface area contributed by atoms with E-state index in [4.69, 9.17) is 31.1 Å². The molecular formula is C30H33ClN6O3. The number of ether oxygens (including phenoxy) is 1. The van der Waals surface area contributed by atoms with E-state index in [1.807, 2.05) is 30.3 Å². The molecule has 1 saturated carbocycles. The van der Waals surface area contributed by atoms with Crippen molar-refractivity contribution in [2.75, 3.05) is 13.7 Å². The van der Waals surface area contributed by atoms with E-state index < -0.39 is 12.3 Å². The van der Waals surface area contributed by atoms with E-state index in [9.17, 15) is 4.79 Å². The van der Waals surface area contributed by atoms with Crippen LogP contribution in [0.4, 0.5) is 4.79 Å². The van der Waals surface area contributed by atoms with Crippen LogP contribution in [-0.2, 0) is 16.1 Å². The van der Waals surface area contributed by atoms with E-state index in [2.05, 4.69) is 39.4 Å². The number of rotatable bonds is 8. The molecule has 6 rings (SSSR count). The normalized spacial score (nSPS) is 21.8. The van der Waals surface area contributed by atoms with Crippen molar-refractivity contribution >= 4 is 28.7 Å². The van der Waals surface area contributed by atoms with Gasteiger partial charge in [-0.05, 0) is 42.4 Å². The van der Waals surface area contributed by atoms with E-state index in [1.165, 1.54) is 25.7 Å². The number of benzene rings is 1. The van der Waals surface area contributed by atoms with Crippen LogP contribution in [0.1, 0.15) is 61.8 Å². The fourth-order valence-corrected chi connectivity index (χ4v) is 6.07. The Bertz CT molecular complexity index is 1500. The summed E-state index contributed by atoms with van der Waals surface area (Å²) in [6.45, 7) is 3.65. The molecule has 2 atom stereocenters. The zero-order valence-electron chi connectivity index (χ0n) is 22.6. The van der Waals surface area contributed by atoms with Gasteiger partial charge in [-0.3, -0.25) is 10.3 Å². The Morgan fingerprint density at radius 2 is 1.93 bits per heavy atom. The van der Waals surface area contributed by atoms with Gasteiger partial charge in [0.05, 0.1) is 40.0 Å². The van der Waals surface area contributed by atoms with Gasteiger partial charge >= 0.3 is 6.09 Å². The van der Waals surface area contributed by atoms with Gasteiger partial charge in [0.2, 0.25) is 0 Å². The van der Waals surface area contributed by atoms with Crippen LogP contribution in [0, 0.1) is 11.8 Å². The van der Waals surface area contributed by atoms with Crippen LogP contribution >= 0.6 is 11.6 Å². The molecule has 9 nitrogen and oxygen atoms in total. The number of aromatic nitrogens is 4. The van der Waals surface area contributed by atoms with Gasteiger partial charge in [-0.1, -0.05) is 61.7 Å². The van der Waals surface area contributed by atoms with Gasteiger partial charge in [-0.15, -0.1) is 5.48 Å². The summed E-state index contributed by atoms with van der Waals surface area (Å²) < 4.78 is 8.09. The van der Waals surface area contributed by atoms with E-state index in [0.717, 1.165) is 40.4 Å². The highest BCUT2D eigenvalue weighted by atomic mass is 35.5. The van der Waals surface area contributed by atoms with Gasteiger partial charge in [0.25, 0.3) is 0 Å². The Balaban J connectivity index is 1.58. The second kappa shape index (κ2) is 11.5. The number of carbonyl (C=O) groups is 1. The third-order valence-corrected chi connectivity index (χ3v) is 8.21. The highest BCUT2D eigenvalue weighted by Crippen LogP contribution is 2.37. The van der Waals surface area contributed by atoms with Gasteiger partial charge in [-0.2, -0.15) is 0 Å². The third-order valence-electron chi connectivity index (χ3n) is 8.00. The van der Waals surface area contributed by atoms with E-state index in [-0.39, 0.29) is 5.92 Å². The first-order valence-electron chi connectivity index (χ1n) is 13.8. The first-order chi connectivity index (χ1) is 19.5. The number of pyridine rings is 2. The Hall–Kier alpha value is -3.53. The number of methoxy groups -OCH3 is 1. The molecule has 0 radical (unpaired) electrons. The molecule has 1 saturated heterocycles. The number of hydrogen-bond donors (Lipinski definition) is 2. The SMILES string of the molecule is COCC(c1ccccc1)c1nc2cc(C3NOC(=O)N3)nc(-c3cncc(Cl)c3)c2n1CC1CCC(C)CC1. The third kappa shape index (κ3) is 5.41. The van der Waals surface area contributed by atoms with Crippen molar-refractivity contribution in [3.05, 3.63) is 77.0 Å². The minimum Gasteiger partial charge on any atom is -0.384 e. The van der Waals surface area contributed by atoms with Crippen LogP contribution in [0.5, 0.6) is 0 Å². The molecule has 0 bridgehead atoms. The number of carbonyl (C=O) groups excluding carboxylic acids is 1. The average Bonchev–Trinajstić information content (AvgIpc) is 3.56. The lowest BCUT2D eigenvalue weighted by Crippen LogP contribution is -2.24. The molecule has 2 aliphatic rings. The molecule has 10 heteroatoms. The average molecular weight is 561 g/mol. The molecule has 40 heavy (non-hydrogen) atoms. The summed E-state index contributed by atoms with van der Waals surface area (Å²) in [5.74, 6) is 2.13. The van der Waals surface area contributed by atoms with Crippen molar-refractivity contribution in [2.24, 2.45) is 11.8 Å². The molecule has 2 unspecified atom stereocenters. The van der Waals surface area contributed by atoms with Crippen LogP contribution in [0.3, 0.4) is 0 Å². The molecule has 4 heterocycles. The van der Waals surface area contributed by atoms with Crippen LogP contribution in [0.25, 0.3) is 22.3 Å². The number of nitrogens with zero attached hydrogens (tertiary/aromatic N) is 4. The monoisotopic (exact) mass is 560 g/mol. The Morgan fingerprint density at radius 3 is 2.62 bits per heavy atom. The van der Waals surface area contributed by atoms with Crippen molar-refractivity contribution in [3.8, 4) is 11.3 Å². The number of amides is 1. The number of halogens is 1. The molecule has 2 N–H and O–H groups in total. The molecule has 4 aromatic rings. The predicted octanol–water partition coefficient (Wildman–Crippen LogP) is 5.99. The van der Waals surface area contributed by atoms with Crippen LogP contribution in [-0.4, -0.2) is 39.3 Å². The summed E-state index contributed by atoms with van der Waals surface area (Å²) >= 11 is 6.40. The van der Waals surface area contributed by atoms with Crippen molar-refractivity contribution in [2.45, 2.75) is 51.2 Å². The minimum absolute atomic E-state index is 0.0810. The number of nitrogens with one attached hydrogen (secondary N) is 2. The molecule has 1 aliphatic carbocycles. The maximum Gasteiger partial charge on any atom is 0.427 e. The predicted molar refractivity (Wildman–Crippen MR) is 153 cm³/mol. The quantitative estimate of drug-likeness (QED) is 0.272. The highest BCUT2D eigenvalue weighted by Gasteiger charge is 2.31. The van der Waals surface area contributed by atoms with Gasteiger partial charge in [0.1, 0.15) is 5.82 Å². The highest BCUT2D eigenvalue weighted by molar-refractivity contribution is 6.30. The molecule has 1 aliphatic heterocycles. The lowest BCUT2D eigenvalue weighted by molar-refractivity contribution is 0.121. The van der Waals surface area contributed by atoms with Crippen LogP contribution in [0.15, 0.2) is 54.9 Å². The molecule has 1 aromatic carbocycles. The summed E-state index contributed by atoms with van der Waals surface area (Å²) in [7, 11) is 1.72. The number of hydroxylamine groups is 1. The zero-order valence-corrected chi connectivity index (χ0v) is 23.4. The Kier molecular flexibility index (Phi) is 7.69. The Labute approximate surface area is 238 Å². The molecule has 208 valence electrons. The first-order valence-corrected chi connectivity index (χ1v) is 14.2. The second-order valence-electron chi connectivity index (χ2n) is 10.9. The standard InChI is InChI=1S/C30H33ClN6O3/c1-18-8-10-19(11-9-18)16-37-27-24(34-29(37)23(17-39-2)20-6-4-3-5-7-20)13-25(28-35-30(38)40-36-28)33-26(27)21-12-22(31)15-32-14-21/h3-7,12-15,18-19,23,28,36H,8-11,16-17H2,1-2H3,(H,35,38). The topological polar surface area (TPSA) is 103 Å². The van der Waals surface area contributed by atoms with Crippen molar-refractivity contribution < 1.29 is 14.4 Å². The summed E-state index contributed by atoms with van der Waals surface area (Å²) in [5.41, 5.74) is 7.61. The van der Waals surface area contributed by atoms with E-state index >= 15 is 0 Å².